The molecule has 146 valence electrons. The molecule has 0 amide bonds. The number of nitrogens with zero attached hydrogens (tertiary/aromatic N) is 2. The minimum absolute atomic E-state index is 0.260. The van der Waals surface area contributed by atoms with Crippen molar-refractivity contribution < 1.29 is 13.2 Å². The van der Waals surface area contributed by atoms with Crippen molar-refractivity contribution in [3.05, 3.63) is 59.3 Å². The lowest BCUT2D eigenvalue weighted by molar-refractivity contribution is 0.122. The molecule has 0 N–H and O–H groups in total. The van der Waals surface area contributed by atoms with Crippen molar-refractivity contribution in [3.8, 4) is 0 Å². The van der Waals surface area contributed by atoms with Gasteiger partial charge < -0.3 is 9.64 Å². The molecule has 4 rings (SSSR count). The number of hydrogen-bond donors (Lipinski definition) is 0. The molecule has 1 saturated heterocycles. The van der Waals surface area contributed by atoms with E-state index in [1.165, 1.54) is 6.20 Å². The first-order valence-corrected chi connectivity index (χ1v) is 10.9. The van der Waals surface area contributed by atoms with Gasteiger partial charge in [0.2, 0.25) is 9.84 Å². The van der Waals surface area contributed by atoms with Crippen LogP contribution in [0.25, 0.3) is 10.9 Å². The fraction of sp³-hybridized carbons (Fsp3) is 0.318. The maximum atomic E-state index is 13.6. The Hall–Kier alpha value is -2.44. The topological polar surface area (TPSA) is 59.5 Å². The van der Waals surface area contributed by atoms with Gasteiger partial charge in [-0.3, -0.25) is 4.98 Å². The second-order valence-electron chi connectivity index (χ2n) is 7.34. The zero-order chi connectivity index (χ0) is 19.9. The van der Waals surface area contributed by atoms with Crippen molar-refractivity contribution in [1.82, 2.24) is 4.98 Å². The first kappa shape index (κ1) is 18.9. The molecule has 28 heavy (non-hydrogen) atoms. The Kier molecular flexibility index (Phi) is 4.85. The summed E-state index contributed by atoms with van der Waals surface area (Å²) in [6.07, 6.45) is 1.51. The van der Waals surface area contributed by atoms with Crippen molar-refractivity contribution in [2.75, 3.05) is 31.2 Å². The van der Waals surface area contributed by atoms with Crippen molar-refractivity contribution >= 4 is 26.4 Å². The molecule has 6 heteroatoms. The van der Waals surface area contributed by atoms with Crippen LogP contribution in [0.4, 0.5) is 5.69 Å². The van der Waals surface area contributed by atoms with E-state index in [1.807, 2.05) is 45.0 Å². The van der Waals surface area contributed by atoms with Gasteiger partial charge in [-0.1, -0.05) is 17.7 Å². The summed E-state index contributed by atoms with van der Waals surface area (Å²) in [5.41, 5.74) is 4.63. The van der Waals surface area contributed by atoms with Gasteiger partial charge >= 0.3 is 0 Å². The van der Waals surface area contributed by atoms with Gasteiger partial charge in [0, 0.05) is 24.7 Å². The number of aromatic nitrogens is 1. The molecule has 1 aromatic heterocycles. The van der Waals surface area contributed by atoms with E-state index in [1.54, 1.807) is 12.1 Å². The van der Waals surface area contributed by atoms with Crippen LogP contribution in [0.2, 0.25) is 0 Å². The number of ether oxygens (including phenoxy) is 1. The number of anilines is 1. The van der Waals surface area contributed by atoms with Crippen molar-refractivity contribution in [3.63, 3.8) is 0 Å². The lowest BCUT2D eigenvalue weighted by atomic mass is 10.1. The van der Waals surface area contributed by atoms with E-state index in [2.05, 4.69) is 9.88 Å². The third-order valence-electron chi connectivity index (χ3n) is 5.37. The van der Waals surface area contributed by atoms with Crippen LogP contribution in [0.3, 0.4) is 0 Å². The van der Waals surface area contributed by atoms with E-state index in [-0.39, 0.29) is 4.90 Å². The highest BCUT2D eigenvalue weighted by molar-refractivity contribution is 7.91. The predicted octanol–water partition coefficient (Wildman–Crippen LogP) is 3.83. The zero-order valence-electron chi connectivity index (χ0n) is 16.4. The van der Waals surface area contributed by atoms with Crippen molar-refractivity contribution in [1.29, 1.82) is 0 Å². The molecule has 1 aliphatic heterocycles. The summed E-state index contributed by atoms with van der Waals surface area (Å²) < 4.78 is 32.7. The second-order valence-corrected chi connectivity index (χ2v) is 9.26. The van der Waals surface area contributed by atoms with Crippen LogP contribution in [-0.2, 0) is 14.6 Å². The van der Waals surface area contributed by atoms with Crippen LogP contribution >= 0.6 is 0 Å². The number of sulfone groups is 1. The van der Waals surface area contributed by atoms with Crippen LogP contribution in [0.1, 0.15) is 16.7 Å². The average molecular weight is 397 g/mol. The third-order valence-corrected chi connectivity index (χ3v) is 7.12. The van der Waals surface area contributed by atoms with Gasteiger partial charge in [-0.15, -0.1) is 0 Å². The summed E-state index contributed by atoms with van der Waals surface area (Å²) in [5, 5.41) is 0.867. The maximum absolute atomic E-state index is 13.6. The Bertz CT molecular complexity index is 1150. The zero-order valence-corrected chi connectivity index (χ0v) is 17.2. The number of morpholine rings is 1. The molecule has 0 radical (unpaired) electrons. The van der Waals surface area contributed by atoms with Gasteiger partial charge in [-0.05, 0) is 56.2 Å². The molecule has 1 aliphatic rings. The molecule has 0 bridgehead atoms. The summed E-state index contributed by atoms with van der Waals surface area (Å²) in [6.45, 7) is 8.39. The fourth-order valence-corrected chi connectivity index (χ4v) is 5.11. The van der Waals surface area contributed by atoms with Gasteiger partial charge in [0.25, 0.3) is 0 Å². The highest BCUT2D eigenvalue weighted by atomic mass is 32.2. The molecule has 2 aromatic carbocycles. The van der Waals surface area contributed by atoms with E-state index in [0.717, 1.165) is 33.3 Å². The van der Waals surface area contributed by atoms with Gasteiger partial charge in [0.1, 0.15) is 4.90 Å². The van der Waals surface area contributed by atoms with Gasteiger partial charge in [-0.2, -0.15) is 0 Å². The molecule has 0 spiro atoms. The lowest BCUT2D eigenvalue weighted by Crippen LogP contribution is -2.37. The third kappa shape index (κ3) is 3.27. The number of aryl methyl sites for hydroxylation is 3. The SMILES string of the molecule is Cc1ccc2ncc(S(=O)(=O)c3ccc(C)c(C)c3)c(N3CCOCC3)c2c1. The Balaban J connectivity index is 1.98. The highest BCUT2D eigenvalue weighted by Crippen LogP contribution is 2.36. The predicted molar refractivity (Wildman–Crippen MR) is 111 cm³/mol. The van der Waals surface area contributed by atoms with Crippen LogP contribution < -0.4 is 4.90 Å². The number of pyridine rings is 1. The summed E-state index contributed by atoms with van der Waals surface area (Å²) in [6, 6.07) is 11.2. The van der Waals surface area contributed by atoms with E-state index in [0.29, 0.717) is 31.2 Å². The molecule has 0 saturated carbocycles. The summed E-state index contributed by atoms with van der Waals surface area (Å²) in [7, 11) is -3.71. The quantitative estimate of drug-likeness (QED) is 0.673. The fourth-order valence-electron chi connectivity index (χ4n) is 3.59. The van der Waals surface area contributed by atoms with E-state index in [4.69, 9.17) is 4.74 Å². The van der Waals surface area contributed by atoms with Crippen LogP contribution in [0, 0.1) is 20.8 Å². The summed E-state index contributed by atoms with van der Waals surface area (Å²) in [4.78, 5) is 7.15. The molecule has 2 heterocycles. The van der Waals surface area contributed by atoms with E-state index >= 15 is 0 Å². The lowest BCUT2D eigenvalue weighted by Gasteiger charge is -2.31. The van der Waals surface area contributed by atoms with E-state index in [9.17, 15) is 8.42 Å². The van der Waals surface area contributed by atoms with Crippen LogP contribution in [0.5, 0.6) is 0 Å². The minimum Gasteiger partial charge on any atom is -0.378 e. The molecular weight excluding hydrogens is 372 g/mol. The number of fused-ring (bicyclic) bond motifs is 1. The largest absolute Gasteiger partial charge is 0.378 e. The Labute approximate surface area is 165 Å². The van der Waals surface area contributed by atoms with Crippen molar-refractivity contribution in [2.24, 2.45) is 0 Å². The van der Waals surface area contributed by atoms with Gasteiger partial charge in [0.15, 0.2) is 0 Å². The summed E-state index contributed by atoms with van der Waals surface area (Å²) >= 11 is 0. The Morgan fingerprint density at radius 3 is 2.43 bits per heavy atom. The number of hydrogen-bond acceptors (Lipinski definition) is 5. The average Bonchev–Trinajstić information content (AvgIpc) is 2.69. The van der Waals surface area contributed by atoms with Gasteiger partial charge in [-0.25, -0.2) is 8.42 Å². The van der Waals surface area contributed by atoms with Crippen molar-refractivity contribution in [2.45, 2.75) is 30.6 Å². The maximum Gasteiger partial charge on any atom is 0.210 e. The van der Waals surface area contributed by atoms with Crippen LogP contribution in [-0.4, -0.2) is 39.7 Å². The first-order chi connectivity index (χ1) is 13.4. The molecule has 1 fully saturated rings. The number of benzene rings is 2. The standard InChI is InChI=1S/C22H24N2O3S/c1-15-4-7-20-19(12-15)22(24-8-10-27-11-9-24)21(14-23-20)28(25,26)18-6-5-16(2)17(3)13-18/h4-7,12-14H,8-11H2,1-3H3. The number of rotatable bonds is 3. The second kappa shape index (κ2) is 7.18. The smallest absolute Gasteiger partial charge is 0.210 e. The Morgan fingerprint density at radius 2 is 1.71 bits per heavy atom. The molecule has 5 nitrogen and oxygen atoms in total. The molecule has 0 unspecified atom stereocenters. The van der Waals surface area contributed by atoms with E-state index < -0.39 is 9.84 Å². The molecule has 0 aliphatic carbocycles. The molecular formula is C22H24N2O3S. The van der Waals surface area contributed by atoms with Gasteiger partial charge in [0.05, 0.1) is 29.3 Å². The monoisotopic (exact) mass is 396 g/mol. The molecule has 3 aromatic rings. The Morgan fingerprint density at radius 1 is 0.964 bits per heavy atom. The minimum atomic E-state index is -3.71. The highest BCUT2D eigenvalue weighted by Gasteiger charge is 2.28. The summed E-state index contributed by atoms with van der Waals surface area (Å²) in [5.74, 6) is 0. The first-order valence-electron chi connectivity index (χ1n) is 9.42. The molecule has 0 atom stereocenters. The van der Waals surface area contributed by atoms with Crippen LogP contribution in [0.15, 0.2) is 52.4 Å². The normalized spacial score (nSPS) is 15.2.